The Morgan fingerprint density at radius 2 is 1.69 bits per heavy atom. The first kappa shape index (κ1) is 26.6. The SMILES string of the molecule is CC(C)CCO.CCC.CN1c2ccccc2C(C)(C)C12C=Nc1c(ccc3ccc(O)cc13)O2. The molecule has 1 atom stereocenters. The average molecular weight is 477 g/mol. The van der Waals surface area contributed by atoms with Gasteiger partial charge in [0.15, 0.2) is 0 Å². The second kappa shape index (κ2) is 10.7. The summed E-state index contributed by atoms with van der Waals surface area (Å²) in [5.74, 6) is 1.61. The molecule has 0 aromatic heterocycles. The van der Waals surface area contributed by atoms with Gasteiger partial charge in [-0.05, 0) is 61.4 Å². The summed E-state index contributed by atoms with van der Waals surface area (Å²) in [6.07, 6.45) is 4.10. The molecule has 0 saturated carbocycles. The predicted octanol–water partition coefficient (Wildman–Crippen LogP) is 7.21. The molecule has 5 nitrogen and oxygen atoms in total. The Balaban J connectivity index is 0.000000330. The van der Waals surface area contributed by atoms with E-state index in [-0.39, 0.29) is 11.2 Å². The lowest BCUT2D eigenvalue weighted by molar-refractivity contribution is 0.0826. The summed E-state index contributed by atoms with van der Waals surface area (Å²) in [5.41, 5.74) is 2.22. The lowest BCUT2D eigenvalue weighted by Crippen LogP contribution is -2.61. The van der Waals surface area contributed by atoms with E-state index in [0.29, 0.717) is 12.5 Å². The summed E-state index contributed by atoms with van der Waals surface area (Å²) < 4.78 is 6.63. The number of benzene rings is 3. The van der Waals surface area contributed by atoms with Crippen LogP contribution in [0.4, 0.5) is 11.4 Å². The van der Waals surface area contributed by atoms with Crippen molar-refractivity contribution in [2.24, 2.45) is 10.9 Å². The highest BCUT2D eigenvalue weighted by Crippen LogP contribution is 2.54. The van der Waals surface area contributed by atoms with Gasteiger partial charge in [-0.25, -0.2) is 0 Å². The van der Waals surface area contributed by atoms with Crippen molar-refractivity contribution in [1.29, 1.82) is 0 Å². The summed E-state index contributed by atoms with van der Waals surface area (Å²) in [6, 6.07) is 17.7. The number of aliphatic hydroxyl groups is 1. The van der Waals surface area contributed by atoms with Crippen molar-refractivity contribution in [3.63, 3.8) is 0 Å². The minimum absolute atomic E-state index is 0.229. The zero-order chi connectivity index (χ0) is 25.8. The number of hydrogen-bond acceptors (Lipinski definition) is 5. The number of ether oxygens (including phenoxy) is 1. The standard InChI is InChI=1S/C22H20N2O2.C5H12O.C3H8/c1-21(2)17-6-4-5-7-18(17)24(3)22(21)13-23-20-16-12-15(25)10-8-14(16)9-11-19(20)26-22;1-5(2)3-4-6;1-3-2/h4-13,25H,1-3H3;5-6H,3-4H2,1-2H3;3H2,1-2H3. The number of aromatic hydroxyl groups is 1. The van der Waals surface area contributed by atoms with Gasteiger partial charge in [-0.3, -0.25) is 4.99 Å². The van der Waals surface area contributed by atoms with Crippen LogP contribution in [0.2, 0.25) is 0 Å². The molecule has 2 heterocycles. The molecule has 0 amide bonds. The number of anilines is 1. The number of hydrogen-bond donors (Lipinski definition) is 2. The highest BCUT2D eigenvalue weighted by atomic mass is 16.5. The molecule has 0 saturated heterocycles. The first-order valence-corrected chi connectivity index (χ1v) is 12.6. The summed E-state index contributed by atoms with van der Waals surface area (Å²) in [5, 5.41) is 20.0. The van der Waals surface area contributed by atoms with Crippen molar-refractivity contribution in [3.05, 3.63) is 60.2 Å². The molecule has 0 bridgehead atoms. The molecule has 5 rings (SSSR count). The third-order valence-corrected chi connectivity index (χ3v) is 6.61. The van der Waals surface area contributed by atoms with E-state index in [2.05, 4.69) is 77.8 Å². The Kier molecular flexibility index (Phi) is 8.11. The maximum absolute atomic E-state index is 9.88. The van der Waals surface area contributed by atoms with Gasteiger partial charge in [0, 0.05) is 24.7 Å². The molecule has 35 heavy (non-hydrogen) atoms. The minimum Gasteiger partial charge on any atom is -0.508 e. The van der Waals surface area contributed by atoms with Gasteiger partial charge in [-0.2, -0.15) is 0 Å². The van der Waals surface area contributed by atoms with Crippen LogP contribution >= 0.6 is 0 Å². The molecule has 2 aliphatic heterocycles. The largest absolute Gasteiger partial charge is 0.508 e. The molecule has 3 aromatic carbocycles. The van der Waals surface area contributed by atoms with E-state index in [9.17, 15) is 5.11 Å². The Labute approximate surface area is 210 Å². The van der Waals surface area contributed by atoms with E-state index >= 15 is 0 Å². The molecule has 0 radical (unpaired) electrons. The van der Waals surface area contributed by atoms with Crippen molar-refractivity contribution >= 4 is 28.4 Å². The number of aliphatic hydroxyl groups excluding tert-OH is 1. The molecular weight excluding hydrogens is 436 g/mol. The van der Waals surface area contributed by atoms with Gasteiger partial charge < -0.3 is 19.8 Å². The van der Waals surface area contributed by atoms with Gasteiger partial charge in [0.1, 0.15) is 17.2 Å². The zero-order valence-corrected chi connectivity index (χ0v) is 22.2. The lowest BCUT2D eigenvalue weighted by Gasteiger charge is -2.45. The van der Waals surface area contributed by atoms with Crippen molar-refractivity contribution in [2.75, 3.05) is 18.6 Å². The van der Waals surface area contributed by atoms with Crippen LogP contribution in [-0.4, -0.2) is 35.8 Å². The summed E-state index contributed by atoms with van der Waals surface area (Å²) in [6.45, 7) is 13.2. The molecule has 2 N–H and O–H groups in total. The number of phenols is 1. The smallest absolute Gasteiger partial charge is 0.228 e. The molecule has 3 aromatic rings. The topological polar surface area (TPSA) is 65.3 Å². The maximum Gasteiger partial charge on any atom is 0.228 e. The fourth-order valence-electron chi connectivity index (χ4n) is 4.62. The number of rotatable bonds is 2. The van der Waals surface area contributed by atoms with Gasteiger partial charge >= 0.3 is 0 Å². The van der Waals surface area contributed by atoms with Gasteiger partial charge in [-0.15, -0.1) is 0 Å². The molecular formula is C30H40N2O3. The van der Waals surface area contributed by atoms with Crippen molar-refractivity contribution in [2.45, 2.75) is 65.5 Å². The third-order valence-electron chi connectivity index (χ3n) is 6.61. The normalized spacial score (nSPS) is 18.8. The van der Waals surface area contributed by atoms with Crippen molar-refractivity contribution in [3.8, 4) is 11.5 Å². The average Bonchev–Trinajstić information content (AvgIpc) is 2.98. The molecule has 0 fully saturated rings. The summed E-state index contributed by atoms with van der Waals surface area (Å²) >= 11 is 0. The lowest BCUT2D eigenvalue weighted by atomic mass is 9.77. The van der Waals surface area contributed by atoms with Crippen LogP contribution in [0, 0.1) is 5.92 Å². The third kappa shape index (κ3) is 4.87. The van der Waals surface area contributed by atoms with E-state index in [4.69, 9.17) is 14.8 Å². The molecule has 188 valence electrons. The summed E-state index contributed by atoms with van der Waals surface area (Å²) in [4.78, 5) is 6.99. The second-order valence-electron chi connectivity index (χ2n) is 10.2. The number of nitrogens with zero attached hydrogens (tertiary/aromatic N) is 2. The van der Waals surface area contributed by atoms with Gasteiger partial charge in [-0.1, -0.05) is 64.4 Å². The van der Waals surface area contributed by atoms with E-state index in [1.54, 1.807) is 12.1 Å². The zero-order valence-electron chi connectivity index (χ0n) is 22.2. The van der Waals surface area contributed by atoms with Crippen LogP contribution in [0.5, 0.6) is 11.5 Å². The molecule has 2 aliphatic rings. The van der Waals surface area contributed by atoms with Crippen LogP contribution in [0.15, 0.2) is 59.6 Å². The Morgan fingerprint density at radius 1 is 1.03 bits per heavy atom. The maximum atomic E-state index is 9.88. The Hall–Kier alpha value is -3.05. The Morgan fingerprint density at radius 3 is 2.29 bits per heavy atom. The van der Waals surface area contributed by atoms with E-state index in [0.717, 1.165) is 34.3 Å². The minimum atomic E-state index is -0.686. The number of fused-ring (bicyclic) bond motifs is 4. The quantitative estimate of drug-likeness (QED) is 0.410. The van der Waals surface area contributed by atoms with Crippen LogP contribution < -0.4 is 9.64 Å². The number of phenolic OH excluding ortho intramolecular Hbond substituents is 1. The molecule has 1 unspecified atom stereocenters. The summed E-state index contributed by atoms with van der Waals surface area (Å²) in [7, 11) is 2.05. The van der Waals surface area contributed by atoms with Gasteiger partial charge in [0.05, 0.1) is 11.6 Å². The van der Waals surface area contributed by atoms with Gasteiger partial charge in [0.25, 0.3) is 0 Å². The van der Waals surface area contributed by atoms with Crippen LogP contribution in [-0.2, 0) is 5.41 Å². The molecule has 5 heteroatoms. The first-order chi connectivity index (χ1) is 16.6. The van der Waals surface area contributed by atoms with E-state index in [1.165, 1.54) is 12.0 Å². The van der Waals surface area contributed by atoms with Crippen LogP contribution in [0.1, 0.15) is 59.9 Å². The molecule has 1 spiro atoms. The fraction of sp³-hybridized carbons (Fsp3) is 0.433. The molecule has 0 aliphatic carbocycles. The van der Waals surface area contributed by atoms with Gasteiger partial charge in [0.2, 0.25) is 5.72 Å². The second-order valence-corrected chi connectivity index (χ2v) is 10.2. The van der Waals surface area contributed by atoms with Crippen molar-refractivity contribution < 1.29 is 14.9 Å². The monoisotopic (exact) mass is 476 g/mol. The van der Waals surface area contributed by atoms with E-state index < -0.39 is 5.72 Å². The number of para-hydroxylation sites is 1. The Bertz CT molecular complexity index is 1190. The first-order valence-electron chi connectivity index (χ1n) is 12.6. The highest BCUT2D eigenvalue weighted by Gasteiger charge is 2.58. The highest BCUT2D eigenvalue weighted by molar-refractivity contribution is 6.00. The number of aliphatic imine (C=N–C) groups is 1. The predicted molar refractivity (Wildman–Crippen MR) is 148 cm³/mol. The fourth-order valence-corrected chi connectivity index (χ4v) is 4.62. The van der Waals surface area contributed by atoms with E-state index in [1.807, 2.05) is 24.4 Å². The van der Waals surface area contributed by atoms with Crippen LogP contribution in [0.25, 0.3) is 10.8 Å². The van der Waals surface area contributed by atoms with Crippen molar-refractivity contribution in [1.82, 2.24) is 0 Å². The number of likely N-dealkylation sites (N-methyl/N-ethyl adjacent to an activating group) is 1. The van der Waals surface area contributed by atoms with Crippen LogP contribution in [0.3, 0.4) is 0 Å².